The Bertz CT molecular complexity index is 1810. The minimum Gasteiger partial charge on any atom is -0.490 e. The molecule has 4 aromatic rings. The van der Waals surface area contributed by atoms with Crippen LogP contribution in [0.5, 0.6) is 5.75 Å². The molecule has 2 N–H and O–H groups in total. The molecule has 40 heavy (non-hydrogen) atoms. The molecule has 0 radical (unpaired) electrons. The highest BCUT2D eigenvalue weighted by Gasteiger charge is 2.45. The minimum absolute atomic E-state index is 0.0670. The number of benzene rings is 2. The first-order chi connectivity index (χ1) is 19.3. The van der Waals surface area contributed by atoms with Crippen molar-refractivity contribution < 1.29 is 29.3 Å². The van der Waals surface area contributed by atoms with Gasteiger partial charge in [-0.15, -0.1) is 0 Å². The minimum atomic E-state index is -1.90. The van der Waals surface area contributed by atoms with Crippen LogP contribution in [0.2, 0.25) is 0 Å². The highest BCUT2D eigenvalue weighted by atomic mass is 16.6. The summed E-state index contributed by atoms with van der Waals surface area (Å²) in [6, 6.07) is 14.5. The third-order valence-electron chi connectivity index (χ3n) is 8.20. The molecule has 1 amide bonds. The summed E-state index contributed by atoms with van der Waals surface area (Å²) in [4.78, 5) is 44.6. The number of aromatic nitrogens is 2. The predicted octanol–water partition coefficient (Wildman–Crippen LogP) is 3.70. The van der Waals surface area contributed by atoms with Crippen molar-refractivity contribution in [3.63, 3.8) is 0 Å². The number of carboxylic acid groups (broad SMARTS) is 1. The molecule has 202 valence electrons. The van der Waals surface area contributed by atoms with Crippen molar-refractivity contribution in [2.45, 2.75) is 45.1 Å². The maximum atomic E-state index is 13.6. The number of carbonyl (C=O) groups is 2. The first-order valence-electron chi connectivity index (χ1n) is 13.1. The molecule has 0 bridgehead atoms. The van der Waals surface area contributed by atoms with Crippen molar-refractivity contribution in [2.24, 2.45) is 0 Å². The molecule has 7 rings (SSSR count). The number of aliphatic hydroxyl groups is 1. The van der Waals surface area contributed by atoms with Crippen molar-refractivity contribution >= 4 is 28.7 Å². The molecule has 0 spiro atoms. The summed E-state index contributed by atoms with van der Waals surface area (Å²) in [5, 5.41) is 22.0. The van der Waals surface area contributed by atoms with Crippen molar-refractivity contribution in [3.05, 3.63) is 86.7 Å². The summed E-state index contributed by atoms with van der Waals surface area (Å²) in [5.74, 6) is -0.311. The third kappa shape index (κ3) is 3.32. The summed E-state index contributed by atoms with van der Waals surface area (Å²) >= 11 is 0. The van der Waals surface area contributed by atoms with Crippen molar-refractivity contribution in [2.75, 3.05) is 11.5 Å². The van der Waals surface area contributed by atoms with Gasteiger partial charge in [0.05, 0.1) is 47.9 Å². The van der Waals surface area contributed by atoms with Crippen LogP contribution in [0.1, 0.15) is 41.2 Å². The van der Waals surface area contributed by atoms with E-state index in [0.717, 1.165) is 22.1 Å². The largest absolute Gasteiger partial charge is 0.490 e. The topological polar surface area (TPSA) is 131 Å². The van der Waals surface area contributed by atoms with Gasteiger partial charge in [-0.1, -0.05) is 37.3 Å². The molecule has 10 heteroatoms. The van der Waals surface area contributed by atoms with E-state index in [0.29, 0.717) is 41.4 Å². The zero-order valence-electron chi connectivity index (χ0n) is 21.6. The zero-order valence-corrected chi connectivity index (χ0v) is 21.6. The van der Waals surface area contributed by atoms with Gasteiger partial charge in [-0.2, -0.15) is 0 Å². The van der Waals surface area contributed by atoms with Crippen molar-refractivity contribution in [1.82, 2.24) is 9.55 Å². The number of anilines is 1. The van der Waals surface area contributed by atoms with E-state index in [-0.39, 0.29) is 42.8 Å². The van der Waals surface area contributed by atoms with Crippen molar-refractivity contribution in [1.29, 1.82) is 0 Å². The number of amides is 1. The van der Waals surface area contributed by atoms with E-state index in [4.69, 9.17) is 14.5 Å². The molecule has 0 fully saturated rings. The average Bonchev–Trinajstić information content (AvgIpc) is 3.34. The lowest BCUT2D eigenvalue weighted by molar-refractivity contribution is -0.172. The first-order valence-corrected chi connectivity index (χ1v) is 13.1. The highest BCUT2D eigenvalue weighted by molar-refractivity contribution is 6.01. The lowest BCUT2D eigenvalue weighted by Crippen LogP contribution is -2.44. The van der Waals surface area contributed by atoms with Gasteiger partial charge in [-0.05, 0) is 35.7 Å². The molecule has 0 saturated heterocycles. The second-order valence-corrected chi connectivity index (χ2v) is 10.3. The van der Waals surface area contributed by atoms with E-state index in [1.807, 2.05) is 30.3 Å². The summed E-state index contributed by atoms with van der Waals surface area (Å²) in [7, 11) is 0. The molecule has 10 nitrogen and oxygen atoms in total. The molecule has 1 atom stereocenters. The van der Waals surface area contributed by atoms with Crippen LogP contribution in [0.3, 0.4) is 0 Å². The number of esters is 1. The quantitative estimate of drug-likeness (QED) is 0.331. The number of fused-ring (bicyclic) bond motifs is 5. The lowest BCUT2D eigenvalue weighted by Gasteiger charge is -2.31. The first kappa shape index (κ1) is 24.3. The second kappa shape index (κ2) is 8.65. The molecule has 5 heterocycles. The molecule has 2 aromatic heterocycles. The Hall–Kier alpha value is -4.70. The maximum absolute atomic E-state index is 13.6. The van der Waals surface area contributed by atoms with Crippen LogP contribution >= 0.6 is 0 Å². The fraction of sp³-hybridized carbons (Fsp3) is 0.267. The molecular weight excluding hydrogens is 514 g/mol. The molecule has 3 aliphatic rings. The monoisotopic (exact) mass is 539 g/mol. The molecule has 0 saturated carbocycles. The van der Waals surface area contributed by atoms with Gasteiger partial charge in [-0.3, -0.25) is 9.69 Å². The van der Waals surface area contributed by atoms with Crippen molar-refractivity contribution in [3.8, 4) is 17.1 Å². The van der Waals surface area contributed by atoms with Gasteiger partial charge in [0, 0.05) is 22.9 Å². The predicted molar refractivity (Wildman–Crippen MR) is 144 cm³/mol. The second-order valence-electron chi connectivity index (χ2n) is 10.3. The van der Waals surface area contributed by atoms with Gasteiger partial charge in [0.15, 0.2) is 11.4 Å². The zero-order chi connectivity index (χ0) is 27.8. The number of ether oxygens (including phenoxy) is 2. The van der Waals surface area contributed by atoms with Gasteiger partial charge < -0.3 is 24.3 Å². The van der Waals surface area contributed by atoms with Crippen LogP contribution in [0.15, 0.2) is 53.3 Å². The number of nitrogens with zero attached hydrogens (tertiary/aromatic N) is 3. The molecule has 2 aromatic carbocycles. The van der Waals surface area contributed by atoms with E-state index in [2.05, 4.69) is 0 Å². The Morgan fingerprint density at radius 1 is 1.10 bits per heavy atom. The molecule has 0 aliphatic carbocycles. The van der Waals surface area contributed by atoms with Crippen LogP contribution in [0.4, 0.5) is 10.5 Å². The Kier molecular flexibility index (Phi) is 5.27. The van der Waals surface area contributed by atoms with E-state index >= 15 is 0 Å². The van der Waals surface area contributed by atoms with Gasteiger partial charge >= 0.3 is 12.1 Å². The molecule has 0 unspecified atom stereocenters. The summed E-state index contributed by atoms with van der Waals surface area (Å²) in [6.45, 7) is 2.24. The Labute approximate surface area is 228 Å². The number of pyridine rings is 2. The van der Waals surface area contributed by atoms with Crippen LogP contribution in [0, 0.1) is 0 Å². The number of hydrogen-bond acceptors (Lipinski definition) is 7. The summed E-state index contributed by atoms with van der Waals surface area (Å²) in [6.07, 6.45) is -0.474. The Morgan fingerprint density at radius 2 is 1.90 bits per heavy atom. The van der Waals surface area contributed by atoms with E-state index in [1.165, 1.54) is 4.90 Å². The van der Waals surface area contributed by atoms with Crippen LogP contribution in [-0.4, -0.2) is 38.4 Å². The summed E-state index contributed by atoms with van der Waals surface area (Å²) < 4.78 is 12.9. The standard InChI is InChI=1S/C30H25N3O7/c1-2-30(38)20-12-23-25-18(14-32(23)27(34)19(20)15-40-28(30)35)17-10-11-39-26-22(9-8-21(31-25)24(17)26)33(29(36)37)13-16-6-4-3-5-7-16/h3-9,12,38H,2,10-11,13-15H2,1H3,(H,36,37)/t30-/m0/s1. The third-order valence-corrected chi connectivity index (χ3v) is 8.20. The van der Waals surface area contributed by atoms with E-state index in [9.17, 15) is 24.6 Å². The highest BCUT2D eigenvalue weighted by Crippen LogP contribution is 2.46. The van der Waals surface area contributed by atoms with Crippen LogP contribution in [-0.2, 0) is 41.2 Å². The molecular formula is C30H25N3O7. The van der Waals surface area contributed by atoms with E-state index in [1.54, 1.807) is 29.7 Å². The Morgan fingerprint density at radius 3 is 2.65 bits per heavy atom. The summed E-state index contributed by atoms with van der Waals surface area (Å²) in [5.41, 5.74) is 3.14. The van der Waals surface area contributed by atoms with Gasteiger partial charge in [0.1, 0.15) is 6.61 Å². The van der Waals surface area contributed by atoms with Gasteiger partial charge in [-0.25, -0.2) is 14.6 Å². The molecule has 3 aliphatic heterocycles. The van der Waals surface area contributed by atoms with E-state index < -0.39 is 17.7 Å². The van der Waals surface area contributed by atoms with Crippen LogP contribution < -0.4 is 15.2 Å². The normalized spacial score (nSPS) is 18.4. The fourth-order valence-corrected chi connectivity index (χ4v) is 6.13. The maximum Gasteiger partial charge on any atom is 0.412 e. The Balaban J connectivity index is 1.41. The fourth-order valence-electron chi connectivity index (χ4n) is 6.13. The smallest absolute Gasteiger partial charge is 0.412 e. The van der Waals surface area contributed by atoms with Gasteiger partial charge in [0.2, 0.25) is 0 Å². The number of hydrogen-bond donors (Lipinski definition) is 2. The average molecular weight is 540 g/mol. The van der Waals surface area contributed by atoms with Crippen LogP contribution in [0.25, 0.3) is 22.3 Å². The SMILES string of the molecule is CC[C@@]1(O)C(=O)OCc2c1cc1n(c2=O)Cc2c-1nc1ccc(N(Cc3ccccc3)C(=O)O)c3c1c2CCO3. The number of cyclic esters (lactones) is 1. The number of rotatable bonds is 4. The number of carbonyl (C=O) groups excluding carboxylic acids is 1. The lowest BCUT2D eigenvalue weighted by atomic mass is 9.86. The van der Waals surface area contributed by atoms with Gasteiger partial charge in [0.25, 0.3) is 5.56 Å².